The van der Waals surface area contributed by atoms with Gasteiger partial charge in [-0.3, -0.25) is 14.4 Å². The molecule has 0 unspecified atom stereocenters. The molecule has 0 aliphatic carbocycles. The zero-order chi connectivity index (χ0) is 16.7. The number of aromatic hydroxyl groups is 1. The molecule has 5 N–H and O–H groups in total. The molecular weight excluding hydrogens is 292 g/mol. The van der Waals surface area contributed by atoms with E-state index in [1.807, 2.05) is 0 Å². The lowest BCUT2D eigenvalue weighted by molar-refractivity contribution is -0.139. The van der Waals surface area contributed by atoms with Crippen LogP contribution in [0.2, 0.25) is 0 Å². The van der Waals surface area contributed by atoms with Gasteiger partial charge in [0.15, 0.2) is 0 Å². The van der Waals surface area contributed by atoms with Crippen molar-refractivity contribution in [3.05, 3.63) is 29.8 Å². The Morgan fingerprint density at radius 1 is 1.14 bits per heavy atom. The number of phenolic OH excluding ortho intramolecular Hbond substituents is 1. The van der Waals surface area contributed by atoms with Crippen molar-refractivity contribution < 1.29 is 29.7 Å². The number of aliphatic carboxylic acids is 2. The number of carbonyl (C=O) groups is 3. The standard InChI is InChI=1S/C14H18N2O6/c15-11(14(21)22)2-1-7-16(8-12(18)19)13(20)9-3-5-10(17)6-4-9/h3-6,11,17H,1-2,7-8,15H2,(H,18,19)(H,21,22)/t11-/m0/s1. The number of carboxylic acids is 2. The van der Waals surface area contributed by atoms with E-state index >= 15 is 0 Å². The van der Waals surface area contributed by atoms with E-state index in [0.717, 1.165) is 4.90 Å². The van der Waals surface area contributed by atoms with Crippen LogP contribution in [0.15, 0.2) is 24.3 Å². The fraction of sp³-hybridized carbons (Fsp3) is 0.357. The molecule has 1 rings (SSSR count). The van der Waals surface area contributed by atoms with E-state index in [4.69, 9.17) is 15.9 Å². The van der Waals surface area contributed by atoms with Crippen molar-refractivity contribution in [3.63, 3.8) is 0 Å². The lowest BCUT2D eigenvalue weighted by Gasteiger charge is -2.21. The van der Waals surface area contributed by atoms with Crippen molar-refractivity contribution >= 4 is 17.8 Å². The van der Waals surface area contributed by atoms with Gasteiger partial charge in [-0.05, 0) is 37.1 Å². The van der Waals surface area contributed by atoms with Crippen molar-refractivity contribution in [2.75, 3.05) is 13.1 Å². The molecule has 0 heterocycles. The monoisotopic (exact) mass is 310 g/mol. The quantitative estimate of drug-likeness (QED) is 0.534. The van der Waals surface area contributed by atoms with Gasteiger partial charge in [0, 0.05) is 12.1 Å². The lowest BCUT2D eigenvalue weighted by Crippen LogP contribution is -2.37. The number of nitrogens with zero attached hydrogens (tertiary/aromatic N) is 1. The maximum atomic E-state index is 12.2. The molecule has 0 aliphatic rings. The Morgan fingerprint density at radius 2 is 1.73 bits per heavy atom. The number of rotatable bonds is 8. The smallest absolute Gasteiger partial charge is 0.323 e. The summed E-state index contributed by atoms with van der Waals surface area (Å²) >= 11 is 0. The fourth-order valence-corrected chi connectivity index (χ4v) is 1.83. The molecule has 1 aromatic carbocycles. The Labute approximate surface area is 126 Å². The van der Waals surface area contributed by atoms with Crippen LogP contribution in [-0.2, 0) is 9.59 Å². The first-order chi connectivity index (χ1) is 10.3. The molecule has 0 bridgehead atoms. The minimum Gasteiger partial charge on any atom is -0.508 e. The van der Waals surface area contributed by atoms with E-state index in [9.17, 15) is 19.5 Å². The van der Waals surface area contributed by atoms with Gasteiger partial charge in [-0.2, -0.15) is 0 Å². The number of hydrogen-bond acceptors (Lipinski definition) is 5. The molecule has 0 fully saturated rings. The highest BCUT2D eigenvalue weighted by Gasteiger charge is 2.19. The first kappa shape index (κ1) is 17.4. The van der Waals surface area contributed by atoms with Gasteiger partial charge < -0.3 is 26.0 Å². The van der Waals surface area contributed by atoms with Crippen LogP contribution < -0.4 is 5.73 Å². The lowest BCUT2D eigenvalue weighted by atomic mass is 10.1. The number of benzene rings is 1. The van der Waals surface area contributed by atoms with Crippen molar-refractivity contribution in [2.45, 2.75) is 18.9 Å². The summed E-state index contributed by atoms with van der Waals surface area (Å²) in [6.07, 6.45) is 0.402. The number of nitrogens with two attached hydrogens (primary N) is 1. The van der Waals surface area contributed by atoms with Gasteiger partial charge in [-0.1, -0.05) is 0 Å². The largest absolute Gasteiger partial charge is 0.508 e. The van der Waals surface area contributed by atoms with E-state index in [1.165, 1.54) is 24.3 Å². The Balaban J connectivity index is 2.71. The summed E-state index contributed by atoms with van der Waals surface area (Å²) in [7, 11) is 0. The average Bonchev–Trinajstić information content (AvgIpc) is 2.45. The summed E-state index contributed by atoms with van der Waals surface area (Å²) in [4.78, 5) is 34.8. The molecule has 0 saturated heterocycles. The van der Waals surface area contributed by atoms with Crippen LogP contribution in [0.5, 0.6) is 5.75 Å². The van der Waals surface area contributed by atoms with Crippen molar-refractivity contribution in [1.29, 1.82) is 0 Å². The molecule has 22 heavy (non-hydrogen) atoms. The number of carboxylic acid groups (broad SMARTS) is 2. The van der Waals surface area contributed by atoms with Gasteiger partial charge in [0.05, 0.1) is 0 Å². The summed E-state index contributed by atoms with van der Waals surface area (Å²) in [5.41, 5.74) is 5.60. The molecule has 120 valence electrons. The predicted octanol–water partition coefficient (Wildman–Crippen LogP) is 0.111. The molecule has 1 aromatic rings. The summed E-state index contributed by atoms with van der Waals surface area (Å²) in [5.74, 6) is -2.83. The highest BCUT2D eigenvalue weighted by molar-refractivity contribution is 5.95. The molecule has 8 nitrogen and oxygen atoms in total. The summed E-state index contributed by atoms with van der Waals surface area (Å²) in [5, 5.41) is 26.7. The molecule has 0 saturated carbocycles. The van der Waals surface area contributed by atoms with Gasteiger partial charge in [-0.25, -0.2) is 0 Å². The van der Waals surface area contributed by atoms with Gasteiger partial charge >= 0.3 is 11.9 Å². The van der Waals surface area contributed by atoms with Crippen LogP contribution in [0.4, 0.5) is 0 Å². The normalized spacial score (nSPS) is 11.7. The van der Waals surface area contributed by atoms with Crippen LogP contribution in [0.1, 0.15) is 23.2 Å². The summed E-state index contributed by atoms with van der Waals surface area (Å²) < 4.78 is 0. The maximum Gasteiger partial charge on any atom is 0.323 e. The van der Waals surface area contributed by atoms with Crippen LogP contribution in [-0.4, -0.2) is 57.2 Å². The van der Waals surface area contributed by atoms with Gasteiger partial charge in [0.1, 0.15) is 18.3 Å². The van der Waals surface area contributed by atoms with E-state index in [2.05, 4.69) is 0 Å². The minimum atomic E-state index is -1.17. The summed E-state index contributed by atoms with van der Waals surface area (Å²) in [6.45, 7) is -0.422. The number of carbonyl (C=O) groups excluding carboxylic acids is 1. The highest BCUT2D eigenvalue weighted by Crippen LogP contribution is 2.12. The Bertz CT molecular complexity index is 543. The van der Waals surface area contributed by atoms with Crippen molar-refractivity contribution in [2.24, 2.45) is 5.73 Å². The van der Waals surface area contributed by atoms with Crippen LogP contribution in [0, 0.1) is 0 Å². The molecular formula is C14H18N2O6. The first-order valence-corrected chi connectivity index (χ1v) is 6.59. The van der Waals surface area contributed by atoms with E-state index < -0.39 is 30.4 Å². The second-order valence-electron chi connectivity index (χ2n) is 4.75. The van der Waals surface area contributed by atoms with Crippen LogP contribution in [0.25, 0.3) is 0 Å². The molecule has 0 aromatic heterocycles. The zero-order valence-corrected chi connectivity index (χ0v) is 11.8. The Hall–Kier alpha value is -2.61. The third-order valence-corrected chi connectivity index (χ3v) is 2.99. The summed E-state index contributed by atoms with van der Waals surface area (Å²) in [6, 6.07) is 4.37. The van der Waals surface area contributed by atoms with Crippen LogP contribution in [0.3, 0.4) is 0 Å². The molecule has 0 spiro atoms. The second-order valence-corrected chi connectivity index (χ2v) is 4.75. The fourth-order valence-electron chi connectivity index (χ4n) is 1.83. The Kier molecular flexibility index (Phi) is 6.33. The van der Waals surface area contributed by atoms with E-state index in [-0.39, 0.29) is 30.7 Å². The third kappa shape index (κ3) is 5.41. The SMILES string of the molecule is N[C@@H](CCCN(CC(=O)O)C(=O)c1ccc(O)cc1)C(=O)O. The van der Waals surface area contributed by atoms with E-state index in [0.29, 0.717) is 0 Å². The molecule has 0 aliphatic heterocycles. The minimum absolute atomic E-state index is 0.00577. The predicted molar refractivity (Wildman–Crippen MR) is 76.5 cm³/mol. The average molecular weight is 310 g/mol. The maximum absolute atomic E-state index is 12.2. The van der Waals surface area contributed by atoms with Gasteiger partial charge in [0.2, 0.25) is 0 Å². The van der Waals surface area contributed by atoms with Gasteiger partial charge in [0.25, 0.3) is 5.91 Å². The topological polar surface area (TPSA) is 141 Å². The first-order valence-electron chi connectivity index (χ1n) is 6.59. The Morgan fingerprint density at radius 3 is 2.23 bits per heavy atom. The van der Waals surface area contributed by atoms with E-state index in [1.54, 1.807) is 0 Å². The number of phenols is 1. The molecule has 1 amide bonds. The van der Waals surface area contributed by atoms with Crippen molar-refractivity contribution in [3.8, 4) is 5.75 Å². The zero-order valence-electron chi connectivity index (χ0n) is 11.8. The number of amides is 1. The molecule has 1 atom stereocenters. The number of hydrogen-bond donors (Lipinski definition) is 4. The molecule has 0 radical (unpaired) electrons. The second kappa shape index (κ2) is 7.99. The van der Waals surface area contributed by atoms with Crippen LogP contribution >= 0.6 is 0 Å². The third-order valence-electron chi connectivity index (χ3n) is 2.99. The highest BCUT2D eigenvalue weighted by atomic mass is 16.4. The molecule has 8 heteroatoms. The van der Waals surface area contributed by atoms with Crippen molar-refractivity contribution in [1.82, 2.24) is 4.90 Å². The van der Waals surface area contributed by atoms with Gasteiger partial charge in [-0.15, -0.1) is 0 Å².